The number of hydrogen-bond donors (Lipinski definition) is 0. The Hall–Kier alpha value is -3.69. The second-order valence-electron chi connectivity index (χ2n) is 7.43. The summed E-state index contributed by atoms with van der Waals surface area (Å²) in [5.41, 5.74) is 1.71. The number of halogens is 3. The van der Waals surface area contributed by atoms with Crippen LogP contribution in [0, 0.1) is 18.6 Å². The van der Waals surface area contributed by atoms with E-state index in [-0.39, 0.29) is 38.9 Å². The van der Waals surface area contributed by atoms with Crippen LogP contribution in [0.3, 0.4) is 0 Å². The topological polar surface area (TPSA) is 72.1 Å². The van der Waals surface area contributed by atoms with Gasteiger partial charge in [-0.2, -0.15) is 0 Å². The summed E-state index contributed by atoms with van der Waals surface area (Å²) in [7, 11) is 0. The zero-order valence-corrected chi connectivity index (χ0v) is 19.2. The van der Waals surface area contributed by atoms with Crippen molar-refractivity contribution >= 4 is 44.2 Å². The maximum atomic E-state index is 14.4. The molecule has 34 heavy (non-hydrogen) atoms. The lowest BCUT2D eigenvalue weighted by Crippen LogP contribution is -2.31. The minimum atomic E-state index is -0.802. The lowest BCUT2D eigenvalue weighted by molar-refractivity contribution is 0.0984. The second-order valence-corrected chi connectivity index (χ2v) is 8.84. The Morgan fingerprint density at radius 3 is 2.76 bits per heavy atom. The highest BCUT2D eigenvalue weighted by Gasteiger charge is 2.30. The largest absolute Gasteiger partial charge is 0.360 e. The number of nitrogens with zero attached hydrogens (tertiary/aromatic N) is 4. The standard InChI is InChI=1S/C24H15ClF2N4O2S/c1-13-20(21(30-33-13)16-6-2-3-7-17(16)25)23(32)31(12-14-5-4-8-28-11-14)24-29-22-18(27)9-15(26)10-19(22)34-24/h2-11H,12H2,1H3. The molecule has 0 saturated heterocycles. The van der Waals surface area contributed by atoms with Gasteiger partial charge in [-0.05, 0) is 30.7 Å². The number of carbonyl (C=O) groups excluding carboxylic acids is 1. The highest BCUT2D eigenvalue weighted by Crippen LogP contribution is 2.36. The van der Waals surface area contributed by atoms with Crippen molar-refractivity contribution in [1.29, 1.82) is 0 Å². The number of fused-ring (bicyclic) bond motifs is 1. The molecule has 0 unspecified atom stereocenters. The first-order valence-corrected chi connectivity index (χ1v) is 11.3. The number of aromatic nitrogens is 3. The monoisotopic (exact) mass is 496 g/mol. The maximum Gasteiger partial charge on any atom is 0.266 e. The smallest absolute Gasteiger partial charge is 0.266 e. The van der Waals surface area contributed by atoms with E-state index in [1.165, 1.54) is 11.0 Å². The third-order valence-corrected chi connectivity index (χ3v) is 6.50. The SMILES string of the molecule is Cc1onc(-c2ccccc2Cl)c1C(=O)N(Cc1cccnc1)c1nc2c(F)cc(F)cc2s1. The van der Waals surface area contributed by atoms with E-state index >= 15 is 0 Å². The van der Waals surface area contributed by atoms with E-state index in [2.05, 4.69) is 15.1 Å². The first-order valence-electron chi connectivity index (χ1n) is 10.1. The molecule has 0 saturated carbocycles. The number of amides is 1. The number of hydrogen-bond acceptors (Lipinski definition) is 6. The quantitative estimate of drug-likeness (QED) is 0.280. The normalized spacial score (nSPS) is 11.2. The Morgan fingerprint density at radius 2 is 2.00 bits per heavy atom. The molecule has 1 amide bonds. The summed E-state index contributed by atoms with van der Waals surface area (Å²) >= 11 is 7.36. The third kappa shape index (κ3) is 4.04. The zero-order chi connectivity index (χ0) is 23.8. The summed E-state index contributed by atoms with van der Waals surface area (Å²) < 4.78 is 33.8. The molecule has 10 heteroatoms. The average Bonchev–Trinajstić information content (AvgIpc) is 3.42. The molecule has 0 fully saturated rings. The van der Waals surface area contributed by atoms with Crippen LogP contribution in [0.1, 0.15) is 21.7 Å². The van der Waals surface area contributed by atoms with E-state index in [0.717, 1.165) is 23.0 Å². The van der Waals surface area contributed by atoms with E-state index in [1.54, 1.807) is 55.7 Å². The van der Waals surface area contributed by atoms with Crippen LogP contribution < -0.4 is 4.90 Å². The van der Waals surface area contributed by atoms with E-state index < -0.39 is 17.5 Å². The summed E-state index contributed by atoms with van der Waals surface area (Å²) in [6, 6.07) is 12.5. The van der Waals surface area contributed by atoms with Gasteiger partial charge in [-0.25, -0.2) is 13.8 Å². The molecule has 0 N–H and O–H groups in total. The van der Waals surface area contributed by atoms with Gasteiger partial charge in [-0.1, -0.05) is 52.4 Å². The lowest BCUT2D eigenvalue weighted by atomic mass is 10.0. The fourth-order valence-electron chi connectivity index (χ4n) is 3.56. The van der Waals surface area contributed by atoms with Gasteiger partial charge in [0.2, 0.25) is 0 Å². The van der Waals surface area contributed by atoms with Crippen molar-refractivity contribution in [1.82, 2.24) is 15.1 Å². The molecule has 3 aromatic heterocycles. The summed E-state index contributed by atoms with van der Waals surface area (Å²) in [6.07, 6.45) is 3.23. The number of carbonyl (C=O) groups is 1. The van der Waals surface area contributed by atoms with Crippen LogP contribution in [-0.4, -0.2) is 21.0 Å². The first kappa shape index (κ1) is 22.1. The minimum absolute atomic E-state index is 0.0150. The van der Waals surface area contributed by atoms with Crippen LogP contribution in [0.25, 0.3) is 21.5 Å². The number of anilines is 1. The fraction of sp³-hybridized carbons (Fsp3) is 0.0833. The van der Waals surface area contributed by atoms with Gasteiger partial charge in [-0.3, -0.25) is 14.7 Å². The van der Waals surface area contributed by atoms with Crippen molar-refractivity contribution in [2.75, 3.05) is 4.90 Å². The molecule has 2 aromatic carbocycles. The predicted molar refractivity (Wildman–Crippen MR) is 126 cm³/mol. The molecule has 0 radical (unpaired) electrons. The van der Waals surface area contributed by atoms with Gasteiger partial charge in [0.05, 0.1) is 16.3 Å². The molecule has 170 valence electrons. The molecule has 3 heterocycles. The van der Waals surface area contributed by atoms with E-state index in [9.17, 15) is 13.6 Å². The number of aryl methyl sites for hydroxylation is 1. The van der Waals surface area contributed by atoms with Crippen molar-refractivity contribution in [2.24, 2.45) is 0 Å². The summed E-state index contributed by atoms with van der Waals surface area (Å²) in [5.74, 6) is -1.71. The molecule has 5 aromatic rings. The maximum absolute atomic E-state index is 14.4. The Morgan fingerprint density at radius 1 is 1.18 bits per heavy atom. The molecule has 0 bridgehead atoms. The molecule has 0 spiro atoms. The van der Waals surface area contributed by atoms with Gasteiger partial charge >= 0.3 is 0 Å². The number of pyridine rings is 1. The Bertz CT molecular complexity index is 1520. The van der Waals surface area contributed by atoms with Crippen LogP contribution in [0.5, 0.6) is 0 Å². The Kier molecular flexibility index (Phi) is 5.80. The highest BCUT2D eigenvalue weighted by molar-refractivity contribution is 7.22. The van der Waals surface area contributed by atoms with Crippen molar-refractivity contribution in [3.8, 4) is 11.3 Å². The van der Waals surface area contributed by atoms with Gasteiger partial charge in [0.1, 0.15) is 28.4 Å². The van der Waals surface area contributed by atoms with Crippen LogP contribution in [0.15, 0.2) is 65.4 Å². The minimum Gasteiger partial charge on any atom is -0.360 e. The molecule has 5 rings (SSSR count). The lowest BCUT2D eigenvalue weighted by Gasteiger charge is -2.20. The summed E-state index contributed by atoms with van der Waals surface area (Å²) in [6.45, 7) is 1.71. The predicted octanol–water partition coefficient (Wildman–Crippen LogP) is 6.43. The van der Waals surface area contributed by atoms with Gasteiger partial charge in [0.25, 0.3) is 5.91 Å². The van der Waals surface area contributed by atoms with E-state index in [1.807, 2.05) is 0 Å². The molecule has 0 atom stereocenters. The molecule has 0 aliphatic carbocycles. The average molecular weight is 497 g/mol. The fourth-order valence-corrected chi connectivity index (χ4v) is 4.79. The Balaban J connectivity index is 1.65. The van der Waals surface area contributed by atoms with E-state index in [0.29, 0.717) is 10.6 Å². The molecular weight excluding hydrogens is 482 g/mol. The van der Waals surface area contributed by atoms with Gasteiger partial charge in [0, 0.05) is 24.0 Å². The third-order valence-electron chi connectivity index (χ3n) is 5.15. The van der Waals surface area contributed by atoms with E-state index in [4.69, 9.17) is 16.1 Å². The number of rotatable bonds is 5. The van der Waals surface area contributed by atoms with Gasteiger partial charge < -0.3 is 4.52 Å². The molecule has 0 aliphatic rings. The molecular formula is C24H15ClF2N4O2S. The molecule has 0 aliphatic heterocycles. The second kappa shape index (κ2) is 8.92. The molecule has 6 nitrogen and oxygen atoms in total. The summed E-state index contributed by atoms with van der Waals surface area (Å²) in [5, 5.41) is 4.67. The van der Waals surface area contributed by atoms with Crippen molar-refractivity contribution in [3.63, 3.8) is 0 Å². The van der Waals surface area contributed by atoms with Gasteiger partial charge in [-0.15, -0.1) is 0 Å². The van der Waals surface area contributed by atoms with Gasteiger partial charge in [0.15, 0.2) is 10.9 Å². The highest BCUT2D eigenvalue weighted by atomic mass is 35.5. The number of thiazole rings is 1. The van der Waals surface area contributed by atoms with Crippen LogP contribution in [-0.2, 0) is 6.54 Å². The summed E-state index contributed by atoms with van der Waals surface area (Å²) in [4.78, 5) is 23.7. The number of benzene rings is 2. The Labute approximate surface area is 201 Å². The van der Waals surface area contributed by atoms with Crippen LogP contribution in [0.2, 0.25) is 5.02 Å². The zero-order valence-electron chi connectivity index (χ0n) is 17.6. The van der Waals surface area contributed by atoms with Crippen molar-refractivity contribution in [3.05, 3.63) is 94.5 Å². The van der Waals surface area contributed by atoms with Crippen LogP contribution >= 0.6 is 22.9 Å². The van der Waals surface area contributed by atoms with Crippen LogP contribution in [0.4, 0.5) is 13.9 Å². The first-order chi connectivity index (χ1) is 16.4. The van der Waals surface area contributed by atoms with Crippen molar-refractivity contribution in [2.45, 2.75) is 13.5 Å². The van der Waals surface area contributed by atoms with Crippen molar-refractivity contribution < 1.29 is 18.1 Å².